The van der Waals surface area contributed by atoms with E-state index in [1.807, 2.05) is 12.1 Å². The summed E-state index contributed by atoms with van der Waals surface area (Å²) in [7, 11) is 0. The van der Waals surface area contributed by atoms with Crippen molar-refractivity contribution in [3.63, 3.8) is 0 Å². The average molecular weight is 339 g/mol. The van der Waals surface area contributed by atoms with E-state index in [0.717, 1.165) is 27.2 Å². The number of aromatic nitrogens is 1. The van der Waals surface area contributed by atoms with Crippen molar-refractivity contribution in [2.24, 2.45) is 5.73 Å². The molecule has 0 bridgehead atoms. The van der Waals surface area contributed by atoms with E-state index in [-0.39, 0.29) is 11.5 Å². The first-order valence-electron chi connectivity index (χ1n) is 6.32. The lowest BCUT2D eigenvalue weighted by Gasteiger charge is -2.14. The number of rotatable bonds is 3. The molecule has 1 heterocycles. The highest BCUT2D eigenvalue weighted by atomic mass is 79.9. The lowest BCUT2D eigenvalue weighted by atomic mass is 9.93. The molecule has 4 heteroatoms. The maximum Gasteiger partial charge on any atom is 0.0947 e. The van der Waals surface area contributed by atoms with E-state index in [2.05, 4.69) is 54.2 Å². The number of nitrogens with zero attached hydrogens (tertiary/aromatic N) is 1. The summed E-state index contributed by atoms with van der Waals surface area (Å²) in [4.78, 5) is 4.69. The van der Waals surface area contributed by atoms with E-state index < -0.39 is 0 Å². The fourth-order valence-corrected chi connectivity index (χ4v) is 3.11. The van der Waals surface area contributed by atoms with Crippen LogP contribution in [0.25, 0.3) is 0 Å². The molecular weight excluding hydrogens is 320 g/mol. The molecule has 0 aliphatic rings. The normalized spacial score (nSPS) is 13.5. The van der Waals surface area contributed by atoms with Crippen LogP contribution in [0.5, 0.6) is 0 Å². The monoisotopic (exact) mass is 338 g/mol. The van der Waals surface area contributed by atoms with Gasteiger partial charge in [-0.05, 0) is 17.7 Å². The molecule has 2 aromatic rings. The molecule has 0 saturated heterocycles. The standard InChI is InChI=1S/C15H19BrN2S/c1-15(2,3)13-9-19-14(18-13)8-12(17)10-4-6-11(16)7-5-10/h4-7,9,12H,8,17H2,1-3H3. The van der Waals surface area contributed by atoms with Crippen molar-refractivity contribution in [2.75, 3.05) is 0 Å². The molecule has 1 aromatic carbocycles. The number of nitrogens with two attached hydrogens (primary N) is 1. The predicted octanol–water partition coefficient (Wildman–Crippen LogP) is 4.45. The summed E-state index contributed by atoms with van der Waals surface area (Å²) in [6.07, 6.45) is 0.794. The van der Waals surface area contributed by atoms with Crippen LogP contribution < -0.4 is 5.73 Å². The minimum absolute atomic E-state index is 0.00654. The molecule has 2 rings (SSSR count). The highest BCUT2D eigenvalue weighted by Crippen LogP contribution is 2.26. The quantitative estimate of drug-likeness (QED) is 0.897. The molecule has 0 saturated carbocycles. The molecule has 0 spiro atoms. The van der Waals surface area contributed by atoms with E-state index >= 15 is 0 Å². The Morgan fingerprint density at radius 2 is 1.89 bits per heavy atom. The van der Waals surface area contributed by atoms with Gasteiger partial charge in [0.25, 0.3) is 0 Å². The van der Waals surface area contributed by atoms with Crippen LogP contribution in [-0.4, -0.2) is 4.98 Å². The number of halogens is 1. The highest BCUT2D eigenvalue weighted by molar-refractivity contribution is 9.10. The van der Waals surface area contributed by atoms with Crippen LogP contribution in [0.4, 0.5) is 0 Å². The molecule has 19 heavy (non-hydrogen) atoms. The minimum Gasteiger partial charge on any atom is -0.324 e. The summed E-state index contributed by atoms with van der Waals surface area (Å²) < 4.78 is 1.08. The first-order chi connectivity index (χ1) is 8.86. The Morgan fingerprint density at radius 1 is 1.26 bits per heavy atom. The second-order valence-electron chi connectivity index (χ2n) is 5.74. The lowest BCUT2D eigenvalue weighted by Crippen LogP contribution is -2.14. The van der Waals surface area contributed by atoms with Gasteiger partial charge in [0.1, 0.15) is 0 Å². The van der Waals surface area contributed by atoms with Gasteiger partial charge in [0.15, 0.2) is 0 Å². The summed E-state index contributed by atoms with van der Waals surface area (Å²) in [6, 6.07) is 8.18. The maximum atomic E-state index is 6.25. The SMILES string of the molecule is CC(C)(C)c1csc(CC(N)c2ccc(Br)cc2)n1. The summed E-state index contributed by atoms with van der Waals surface area (Å²) in [5, 5.41) is 3.25. The molecule has 102 valence electrons. The van der Waals surface area contributed by atoms with Crippen LogP contribution >= 0.6 is 27.3 Å². The van der Waals surface area contributed by atoms with Crippen molar-refractivity contribution in [2.45, 2.75) is 38.6 Å². The Hall–Kier alpha value is -0.710. The van der Waals surface area contributed by atoms with E-state index in [0.29, 0.717) is 0 Å². The van der Waals surface area contributed by atoms with Crippen molar-refractivity contribution in [1.82, 2.24) is 4.98 Å². The average Bonchev–Trinajstić information content (AvgIpc) is 2.78. The molecule has 0 aliphatic heterocycles. The third-order valence-electron chi connectivity index (χ3n) is 3.01. The van der Waals surface area contributed by atoms with Crippen LogP contribution in [0.15, 0.2) is 34.1 Å². The predicted molar refractivity (Wildman–Crippen MR) is 85.6 cm³/mol. The second kappa shape index (κ2) is 5.73. The van der Waals surface area contributed by atoms with E-state index in [1.165, 1.54) is 0 Å². The van der Waals surface area contributed by atoms with Crippen LogP contribution in [0.2, 0.25) is 0 Å². The van der Waals surface area contributed by atoms with Crippen molar-refractivity contribution in [3.8, 4) is 0 Å². The zero-order valence-corrected chi connectivity index (χ0v) is 13.9. The number of thiazole rings is 1. The molecule has 0 radical (unpaired) electrons. The van der Waals surface area contributed by atoms with Gasteiger partial charge >= 0.3 is 0 Å². The molecule has 0 fully saturated rings. The molecule has 1 unspecified atom stereocenters. The van der Waals surface area contributed by atoms with Crippen LogP contribution in [0, 0.1) is 0 Å². The van der Waals surface area contributed by atoms with E-state index in [4.69, 9.17) is 10.7 Å². The van der Waals surface area contributed by atoms with Crippen molar-refractivity contribution in [3.05, 3.63) is 50.4 Å². The molecule has 1 aromatic heterocycles. The molecule has 1 atom stereocenters. The van der Waals surface area contributed by atoms with Crippen LogP contribution in [-0.2, 0) is 11.8 Å². The Balaban J connectivity index is 2.08. The molecule has 2 nitrogen and oxygen atoms in total. The Morgan fingerprint density at radius 3 is 2.42 bits per heavy atom. The zero-order chi connectivity index (χ0) is 14.0. The summed E-state index contributed by atoms with van der Waals surface area (Å²) in [6.45, 7) is 6.54. The van der Waals surface area contributed by atoms with Gasteiger partial charge in [-0.15, -0.1) is 11.3 Å². The smallest absolute Gasteiger partial charge is 0.0947 e. The Labute approximate surface area is 127 Å². The van der Waals surface area contributed by atoms with Gasteiger partial charge < -0.3 is 5.73 Å². The fourth-order valence-electron chi connectivity index (χ4n) is 1.77. The number of hydrogen-bond acceptors (Lipinski definition) is 3. The van der Waals surface area contributed by atoms with Gasteiger partial charge in [-0.25, -0.2) is 4.98 Å². The van der Waals surface area contributed by atoms with Crippen LogP contribution in [0.1, 0.15) is 43.1 Å². The fraction of sp³-hybridized carbons (Fsp3) is 0.400. The molecule has 0 aliphatic carbocycles. The Bertz CT molecular complexity index is 540. The van der Waals surface area contributed by atoms with Crippen molar-refractivity contribution < 1.29 is 0 Å². The second-order valence-corrected chi connectivity index (χ2v) is 7.60. The van der Waals surface area contributed by atoms with Gasteiger partial charge in [-0.2, -0.15) is 0 Å². The Kier molecular flexibility index (Phi) is 4.43. The van der Waals surface area contributed by atoms with Crippen molar-refractivity contribution in [1.29, 1.82) is 0 Å². The van der Waals surface area contributed by atoms with E-state index in [9.17, 15) is 0 Å². The third-order valence-corrected chi connectivity index (χ3v) is 4.41. The van der Waals surface area contributed by atoms with Gasteiger partial charge in [0, 0.05) is 27.7 Å². The number of benzene rings is 1. The number of hydrogen-bond donors (Lipinski definition) is 1. The highest BCUT2D eigenvalue weighted by Gasteiger charge is 2.18. The summed E-state index contributed by atoms with van der Waals surface area (Å²) in [5.41, 5.74) is 8.65. The topological polar surface area (TPSA) is 38.9 Å². The van der Waals surface area contributed by atoms with Gasteiger partial charge in [0.2, 0.25) is 0 Å². The maximum absolute atomic E-state index is 6.25. The first-order valence-corrected chi connectivity index (χ1v) is 7.99. The van der Waals surface area contributed by atoms with E-state index in [1.54, 1.807) is 11.3 Å². The zero-order valence-electron chi connectivity index (χ0n) is 11.5. The largest absolute Gasteiger partial charge is 0.324 e. The molecule has 2 N–H and O–H groups in total. The van der Waals surface area contributed by atoms with Gasteiger partial charge in [-0.1, -0.05) is 48.8 Å². The molecular formula is C15H19BrN2S. The third kappa shape index (κ3) is 3.88. The van der Waals surface area contributed by atoms with Gasteiger partial charge in [0.05, 0.1) is 10.7 Å². The van der Waals surface area contributed by atoms with Crippen LogP contribution in [0.3, 0.4) is 0 Å². The minimum atomic E-state index is 0.00654. The van der Waals surface area contributed by atoms with Crippen molar-refractivity contribution >= 4 is 27.3 Å². The lowest BCUT2D eigenvalue weighted by molar-refractivity contribution is 0.569. The first kappa shape index (κ1) is 14.7. The molecule has 0 amide bonds. The summed E-state index contributed by atoms with van der Waals surface area (Å²) >= 11 is 5.14. The van der Waals surface area contributed by atoms with Gasteiger partial charge in [-0.3, -0.25) is 0 Å². The summed E-state index contributed by atoms with van der Waals surface area (Å²) in [5.74, 6) is 0.